The summed E-state index contributed by atoms with van der Waals surface area (Å²) >= 11 is 11.7. The van der Waals surface area contributed by atoms with E-state index in [1.54, 1.807) is 11.1 Å². The van der Waals surface area contributed by atoms with Crippen molar-refractivity contribution in [1.82, 2.24) is 20.1 Å². The van der Waals surface area contributed by atoms with Crippen LogP contribution in [0.3, 0.4) is 0 Å². The molecule has 0 unspecified atom stereocenters. The molecule has 2 rings (SSSR count). The fraction of sp³-hybridized carbons (Fsp3) is 0.231. The number of rotatable bonds is 4. The molecule has 0 aliphatic rings. The summed E-state index contributed by atoms with van der Waals surface area (Å²) in [5.41, 5.74) is 1.04. The average Bonchev–Trinajstić information content (AvgIpc) is 2.47. The SMILES string of the molecule is CCN(Cc1ccccn1)C(=O)c1cc(Cl)nnc1Cl. The second kappa shape index (κ2) is 6.63. The predicted octanol–water partition coefficient (Wildman–Crippen LogP) is 2.84. The molecular weight excluding hydrogens is 299 g/mol. The molecule has 2 aromatic heterocycles. The number of nitrogens with zero attached hydrogens (tertiary/aromatic N) is 4. The molecule has 7 heteroatoms. The lowest BCUT2D eigenvalue weighted by molar-refractivity contribution is 0.0750. The molecule has 104 valence electrons. The Morgan fingerprint density at radius 3 is 2.75 bits per heavy atom. The molecule has 0 atom stereocenters. The molecule has 2 heterocycles. The predicted molar refractivity (Wildman–Crippen MR) is 76.7 cm³/mol. The van der Waals surface area contributed by atoms with E-state index in [1.165, 1.54) is 6.07 Å². The van der Waals surface area contributed by atoms with E-state index in [1.807, 2.05) is 25.1 Å². The summed E-state index contributed by atoms with van der Waals surface area (Å²) in [5, 5.41) is 7.41. The molecule has 0 aliphatic heterocycles. The van der Waals surface area contributed by atoms with Crippen LogP contribution in [0, 0.1) is 0 Å². The fourth-order valence-electron chi connectivity index (χ4n) is 1.69. The van der Waals surface area contributed by atoms with E-state index in [2.05, 4.69) is 15.2 Å². The normalized spacial score (nSPS) is 10.3. The van der Waals surface area contributed by atoms with Crippen LogP contribution in [0.2, 0.25) is 10.3 Å². The van der Waals surface area contributed by atoms with Crippen molar-refractivity contribution in [2.75, 3.05) is 6.54 Å². The van der Waals surface area contributed by atoms with Gasteiger partial charge in [-0.3, -0.25) is 9.78 Å². The molecule has 0 fully saturated rings. The van der Waals surface area contributed by atoms with Crippen LogP contribution >= 0.6 is 23.2 Å². The molecule has 0 saturated heterocycles. The summed E-state index contributed by atoms with van der Waals surface area (Å²) in [7, 11) is 0. The molecular formula is C13H12Cl2N4O. The minimum atomic E-state index is -0.250. The van der Waals surface area contributed by atoms with E-state index < -0.39 is 0 Å². The van der Waals surface area contributed by atoms with Crippen LogP contribution < -0.4 is 0 Å². The second-order valence-electron chi connectivity index (χ2n) is 4.01. The number of hydrogen-bond donors (Lipinski definition) is 0. The summed E-state index contributed by atoms with van der Waals surface area (Å²) in [6.07, 6.45) is 1.69. The largest absolute Gasteiger partial charge is 0.333 e. The maximum Gasteiger partial charge on any atom is 0.257 e. The first-order valence-corrected chi connectivity index (χ1v) is 6.75. The summed E-state index contributed by atoms with van der Waals surface area (Å²) in [6, 6.07) is 6.97. The number of carbonyl (C=O) groups is 1. The Morgan fingerprint density at radius 2 is 2.10 bits per heavy atom. The zero-order chi connectivity index (χ0) is 14.5. The highest BCUT2D eigenvalue weighted by atomic mass is 35.5. The lowest BCUT2D eigenvalue weighted by Gasteiger charge is -2.20. The van der Waals surface area contributed by atoms with Gasteiger partial charge in [0.05, 0.1) is 17.8 Å². The third-order valence-corrected chi connectivity index (χ3v) is 3.16. The van der Waals surface area contributed by atoms with Gasteiger partial charge in [-0.25, -0.2) is 0 Å². The summed E-state index contributed by atoms with van der Waals surface area (Å²) in [5.74, 6) is -0.250. The Morgan fingerprint density at radius 1 is 1.30 bits per heavy atom. The second-order valence-corrected chi connectivity index (χ2v) is 4.76. The van der Waals surface area contributed by atoms with Gasteiger partial charge in [0.1, 0.15) is 0 Å². The van der Waals surface area contributed by atoms with E-state index in [0.29, 0.717) is 13.1 Å². The van der Waals surface area contributed by atoms with E-state index in [0.717, 1.165) is 5.69 Å². The highest BCUT2D eigenvalue weighted by molar-refractivity contribution is 6.34. The Bertz CT molecular complexity index is 607. The first-order valence-electron chi connectivity index (χ1n) is 5.99. The van der Waals surface area contributed by atoms with Gasteiger partial charge in [0.15, 0.2) is 10.3 Å². The zero-order valence-corrected chi connectivity index (χ0v) is 12.3. The first-order chi connectivity index (χ1) is 9.61. The third-order valence-electron chi connectivity index (χ3n) is 2.70. The van der Waals surface area contributed by atoms with E-state index in [4.69, 9.17) is 23.2 Å². The standard InChI is InChI=1S/C13H12Cl2N4O/c1-2-19(8-9-5-3-4-6-16-9)13(20)10-7-11(14)17-18-12(10)15/h3-7H,2,8H2,1H3. The lowest BCUT2D eigenvalue weighted by atomic mass is 10.2. The van der Waals surface area contributed by atoms with Crippen molar-refractivity contribution in [2.24, 2.45) is 0 Å². The molecule has 0 bridgehead atoms. The van der Waals surface area contributed by atoms with E-state index in [9.17, 15) is 4.79 Å². The molecule has 20 heavy (non-hydrogen) atoms. The topological polar surface area (TPSA) is 59.0 Å². The van der Waals surface area contributed by atoms with Crippen LogP contribution in [-0.4, -0.2) is 32.5 Å². The monoisotopic (exact) mass is 310 g/mol. The van der Waals surface area contributed by atoms with Crippen molar-refractivity contribution < 1.29 is 4.79 Å². The molecule has 0 radical (unpaired) electrons. The van der Waals surface area contributed by atoms with Gasteiger partial charge in [-0.1, -0.05) is 29.3 Å². The maximum atomic E-state index is 12.4. The number of aromatic nitrogens is 3. The Hall–Kier alpha value is -1.72. The molecule has 0 N–H and O–H groups in total. The van der Waals surface area contributed by atoms with Gasteiger partial charge in [0.2, 0.25) is 0 Å². The van der Waals surface area contributed by atoms with Crippen LogP contribution in [0.4, 0.5) is 0 Å². The summed E-state index contributed by atoms with van der Waals surface area (Å²) in [6.45, 7) is 2.79. The Kier molecular flexibility index (Phi) is 4.87. The maximum absolute atomic E-state index is 12.4. The van der Waals surface area contributed by atoms with Gasteiger partial charge in [-0.05, 0) is 25.1 Å². The Labute approximate surface area is 126 Å². The molecule has 0 saturated carbocycles. The highest BCUT2D eigenvalue weighted by Gasteiger charge is 2.19. The van der Waals surface area contributed by atoms with E-state index >= 15 is 0 Å². The van der Waals surface area contributed by atoms with Gasteiger partial charge in [-0.2, -0.15) is 0 Å². The van der Waals surface area contributed by atoms with Gasteiger partial charge in [-0.15, -0.1) is 10.2 Å². The minimum Gasteiger partial charge on any atom is -0.333 e. The number of amides is 1. The smallest absolute Gasteiger partial charge is 0.257 e. The van der Waals surface area contributed by atoms with Crippen molar-refractivity contribution >= 4 is 29.1 Å². The van der Waals surface area contributed by atoms with Crippen molar-refractivity contribution in [2.45, 2.75) is 13.5 Å². The van der Waals surface area contributed by atoms with Crippen molar-refractivity contribution in [3.05, 3.63) is 52.0 Å². The van der Waals surface area contributed by atoms with Crippen LogP contribution in [0.15, 0.2) is 30.5 Å². The van der Waals surface area contributed by atoms with Crippen molar-refractivity contribution in [3.63, 3.8) is 0 Å². The molecule has 0 aromatic carbocycles. The Balaban J connectivity index is 2.23. The highest BCUT2D eigenvalue weighted by Crippen LogP contribution is 2.18. The third kappa shape index (κ3) is 3.43. The average molecular weight is 311 g/mol. The van der Waals surface area contributed by atoms with Crippen LogP contribution in [-0.2, 0) is 6.54 Å². The molecule has 2 aromatic rings. The molecule has 0 aliphatic carbocycles. The minimum absolute atomic E-state index is 0.0406. The van der Waals surface area contributed by atoms with Gasteiger partial charge >= 0.3 is 0 Å². The van der Waals surface area contributed by atoms with Crippen LogP contribution in [0.1, 0.15) is 23.0 Å². The zero-order valence-electron chi connectivity index (χ0n) is 10.8. The van der Waals surface area contributed by atoms with Gasteiger partial charge < -0.3 is 4.90 Å². The number of halogens is 2. The van der Waals surface area contributed by atoms with E-state index in [-0.39, 0.29) is 21.8 Å². The number of pyridine rings is 1. The van der Waals surface area contributed by atoms with Crippen LogP contribution in [0.25, 0.3) is 0 Å². The van der Waals surface area contributed by atoms with Crippen molar-refractivity contribution in [3.8, 4) is 0 Å². The van der Waals surface area contributed by atoms with Gasteiger partial charge in [0, 0.05) is 12.7 Å². The quantitative estimate of drug-likeness (QED) is 0.871. The lowest BCUT2D eigenvalue weighted by Crippen LogP contribution is -2.31. The van der Waals surface area contributed by atoms with Gasteiger partial charge in [0.25, 0.3) is 5.91 Å². The first kappa shape index (κ1) is 14.7. The number of hydrogen-bond acceptors (Lipinski definition) is 4. The molecule has 0 spiro atoms. The number of carbonyl (C=O) groups excluding carboxylic acids is 1. The molecule has 5 nitrogen and oxygen atoms in total. The summed E-state index contributed by atoms with van der Waals surface area (Å²) in [4.78, 5) is 18.3. The van der Waals surface area contributed by atoms with Crippen LogP contribution in [0.5, 0.6) is 0 Å². The fourth-order valence-corrected chi connectivity index (χ4v) is 2.01. The molecule has 1 amide bonds. The van der Waals surface area contributed by atoms with Crippen molar-refractivity contribution in [1.29, 1.82) is 0 Å². The summed E-state index contributed by atoms with van der Waals surface area (Å²) < 4.78 is 0.